The molecule has 2 rings (SSSR count). The minimum absolute atomic E-state index is 0.644. The van der Waals surface area contributed by atoms with Crippen LogP contribution in [0.25, 0.3) is 0 Å². The van der Waals surface area contributed by atoms with Gasteiger partial charge in [0.1, 0.15) is 0 Å². The fourth-order valence-electron chi connectivity index (χ4n) is 1.93. The van der Waals surface area contributed by atoms with E-state index in [9.17, 15) is 0 Å². The summed E-state index contributed by atoms with van der Waals surface area (Å²) in [5.74, 6) is 2.04. The standard InChI is InChI=1S/C17H19ClN2S2/c1-13-11-15(18)7-8-16(13)20-17(21)19-9-10-22-12-14-5-3-2-4-6-14/h2-8,11H,9-10,12H2,1H3,(H2,19,20,21). The maximum Gasteiger partial charge on any atom is 0.170 e. The van der Waals surface area contributed by atoms with Gasteiger partial charge in [-0.25, -0.2) is 0 Å². The maximum atomic E-state index is 5.94. The minimum atomic E-state index is 0.644. The molecule has 0 radical (unpaired) electrons. The summed E-state index contributed by atoms with van der Waals surface area (Å²) in [7, 11) is 0. The van der Waals surface area contributed by atoms with Gasteiger partial charge >= 0.3 is 0 Å². The number of hydrogen-bond donors (Lipinski definition) is 2. The first kappa shape index (κ1) is 17.1. The van der Waals surface area contributed by atoms with E-state index < -0.39 is 0 Å². The van der Waals surface area contributed by atoms with E-state index in [1.165, 1.54) is 5.56 Å². The molecular weight excluding hydrogens is 332 g/mol. The van der Waals surface area contributed by atoms with Crippen LogP contribution in [0.3, 0.4) is 0 Å². The van der Waals surface area contributed by atoms with Crippen molar-refractivity contribution in [2.24, 2.45) is 0 Å². The van der Waals surface area contributed by atoms with Crippen molar-refractivity contribution in [2.45, 2.75) is 12.7 Å². The lowest BCUT2D eigenvalue weighted by Gasteiger charge is -2.12. The van der Waals surface area contributed by atoms with E-state index in [4.69, 9.17) is 23.8 Å². The Kier molecular flexibility index (Phi) is 7.03. The summed E-state index contributed by atoms with van der Waals surface area (Å²) in [4.78, 5) is 0. The lowest BCUT2D eigenvalue weighted by atomic mass is 10.2. The molecule has 0 bridgehead atoms. The van der Waals surface area contributed by atoms with E-state index in [1.807, 2.05) is 43.0 Å². The third-order valence-corrected chi connectivity index (χ3v) is 4.59. The molecule has 0 heterocycles. The molecular formula is C17H19ClN2S2. The van der Waals surface area contributed by atoms with Crippen molar-refractivity contribution < 1.29 is 0 Å². The molecule has 0 aliphatic heterocycles. The third kappa shape index (κ3) is 5.87. The molecule has 2 nitrogen and oxygen atoms in total. The first-order valence-corrected chi connectivity index (χ1v) is 9.02. The highest BCUT2D eigenvalue weighted by Crippen LogP contribution is 2.19. The van der Waals surface area contributed by atoms with Crippen molar-refractivity contribution >= 4 is 46.4 Å². The zero-order valence-electron chi connectivity index (χ0n) is 12.4. The van der Waals surface area contributed by atoms with E-state index in [1.54, 1.807) is 0 Å². The van der Waals surface area contributed by atoms with Crippen molar-refractivity contribution in [3.63, 3.8) is 0 Å². The normalized spacial score (nSPS) is 10.3. The lowest BCUT2D eigenvalue weighted by Crippen LogP contribution is -2.30. The molecule has 0 saturated heterocycles. The van der Waals surface area contributed by atoms with E-state index in [0.29, 0.717) is 5.11 Å². The van der Waals surface area contributed by atoms with Crippen LogP contribution >= 0.6 is 35.6 Å². The summed E-state index contributed by atoms with van der Waals surface area (Å²) < 4.78 is 0. The quantitative estimate of drug-likeness (QED) is 0.573. The van der Waals surface area contributed by atoms with Crippen LogP contribution in [-0.2, 0) is 5.75 Å². The first-order valence-electron chi connectivity index (χ1n) is 7.08. The Balaban J connectivity index is 1.65. The van der Waals surface area contributed by atoms with Gasteiger partial charge in [-0.1, -0.05) is 41.9 Å². The van der Waals surface area contributed by atoms with Gasteiger partial charge in [0, 0.05) is 28.8 Å². The molecule has 2 N–H and O–H groups in total. The Morgan fingerprint density at radius 3 is 2.68 bits per heavy atom. The monoisotopic (exact) mass is 350 g/mol. The van der Waals surface area contributed by atoms with Gasteiger partial charge < -0.3 is 10.6 Å². The summed E-state index contributed by atoms with van der Waals surface area (Å²) in [5, 5.41) is 7.80. The highest BCUT2D eigenvalue weighted by atomic mass is 35.5. The highest BCUT2D eigenvalue weighted by Gasteiger charge is 2.01. The number of thiocarbonyl (C=S) groups is 1. The van der Waals surface area contributed by atoms with Gasteiger partial charge in [-0.05, 0) is 48.5 Å². The van der Waals surface area contributed by atoms with E-state index in [-0.39, 0.29) is 0 Å². The minimum Gasteiger partial charge on any atom is -0.362 e. The Morgan fingerprint density at radius 2 is 1.95 bits per heavy atom. The fraction of sp³-hybridized carbons (Fsp3) is 0.235. The van der Waals surface area contributed by atoms with Crippen molar-refractivity contribution in [2.75, 3.05) is 17.6 Å². The molecule has 2 aromatic carbocycles. The van der Waals surface area contributed by atoms with Crippen molar-refractivity contribution in [1.82, 2.24) is 5.32 Å². The van der Waals surface area contributed by atoms with Crippen molar-refractivity contribution in [3.8, 4) is 0 Å². The molecule has 0 saturated carbocycles. The van der Waals surface area contributed by atoms with Crippen LogP contribution in [0.4, 0.5) is 5.69 Å². The summed E-state index contributed by atoms with van der Waals surface area (Å²) in [6.45, 7) is 2.85. The summed E-state index contributed by atoms with van der Waals surface area (Å²) in [6.07, 6.45) is 0. The molecule has 116 valence electrons. The highest BCUT2D eigenvalue weighted by molar-refractivity contribution is 7.98. The van der Waals surface area contributed by atoms with Gasteiger partial charge in [-0.15, -0.1) is 0 Å². The van der Waals surface area contributed by atoms with E-state index >= 15 is 0 Å². The molecule has 0 unspecified atom stereocenters. The molecule has 5 heteroatoms. The van der Waals surface area contributed by atoms with Gasteiger partial charge in [-0.3, -0.25) is 0 Å². The molecule has 0 aliphatic rings. The maximum absolute atomic E-state index is 5.94. The second-order valence-corrected chi connectivity index (χ2v) is 6.83. The van der Waals surface area contributed by atoms with Crippen LogP contribution in [0.1, 0.15) is 11.1 Å². The summed E-state index contributed by atoms with van der Waals surface area (Å²) in [5.41, 5.74) is 3.42. The topological polar surface area (TPSA) is 24.1 Å². The van der Waals surface area contributed by atoms with Crippen molar-refractivity contribution in [1.29, 1.82) is 0 Å². The Labute approximate surface area is 146 Å². The second kappa shape index (κ2) is 9.03. The number of thioether (sulfide) groups is 1. The first-order chi connectivity index (χ1) is 10.6. The van der Waals surface area contributed by atoms with Crippen LogP contribution in [0.5, 0.6) is 0 Å². The smallest absolute Gasteiger partial charge is 0.170 e. The average molecular weight is 351 g/mol. The molecule has 2 aromatic rings. The van der Waals surface area contributed by atoms with Gasteiger partial charge in [0.25, 0.3) is 0 Å². The Bertz CT molecular complexity index is 617. The Hall–Kier alpha value is -1.23. The lowest BCUT2D eigenvalue weighted by molar-refractivity contribution is 0.989. The molecule has 0 aromatic heterocycles. The van der Waals surface area contributed by atoms with Crippen LogP contribution in [-0.4, -0.2) is 17.4 Å². The summed E-state index contributed by atoms with van der Waals surface area (Å²) in [6, 6.07) is 16.2. The fourth-order valence-corrected chi connectivity index (χ4v) is 3.19. The predicted octanol–water partition coefficient (Wildman–Crippen LogP) is 4.87. The zero-order valence-corrected chi connectivity index (χ0v) is 14.8. The molecule has 0 atom stereocenters. The second-order valence-electron chi connectivity index (χ2n) is 4.88. The number of anilines is 1. The molecule has 0 fully saturated rings. The van der Waals surface area contributed by atoms with Crippen LogP contribution < -0.4 is 10.6 Å². The Morgan fingerprint density at radius 1 is 1.18 bits per heavy atom. The SMILES string of the molecule is Cc1cc(Cl)ccc1NC(=S)NCCSCc1ccccc1. The largest absolute Gasteiger partial charge is 0.362 e. The third-order valence-electron chi connectivity index (χ3n) is 3.08. The van der Waals surface area contributed by atoms with Gasteiger partial charge in [0.15, 0.2) is 5.11 Å². The summed E-state index contributed by atoms with van der Waals surface area (Å²) >= 11 is 13.1. The predicted molar refractivity (Wildman–Crippen MR) is 103 cm³/mol. The number of rotatable bonds is 6. The number of nitrogens with one attached hydrogen (secondary N) is 2. The molecule has 0 aliphatic carbocycles. The molecule has 22 heavy (non-hydrogen) atoms. The van der Waals surface area contributed by atoms with Crippen LogP contribution in [0.2, 0.25) is 5.02 Å². The van der Waals surface area contributed by atoms with Crippen LogP contribution in [0.15, 0.2) is 48.5 Å². The molecule has 0 spiro atoms. The van der Waals surface area contributed by atoms with Crippen LogP contribution in [0, 0.1) is 6.92 Å². The van der Waals surface area contributed by atoms with Gasteiger partial charge in [0.2, 0.25) is 0 Å². The average Bonchev–Trinajstić information content (AvgIpc) is 2.51. The van der Waals surface area contributed by atoms with Gasteiger partial charge in [-0.2, -0.15) is 11.8 Å². The van der Waals surface area contributed by atoms with E-state index in [0.717, 1.165) is 34.3 Å². The molecule has 0 amide bonds. The number of halogens is 1. The number of aryl methyl sites for hydroxylation is 1. The zero-order chi connectivity index (χ0) is 15.8. The van der Waals surface area contributed by atoms with Gasteiger partial charge in [0.05, 0.1) is 0 Å². The number of hydrogen-bond acceptors (Lipinski definition) is 2. The van der Waals surface area contributed by atoms with E-state index in [2.05, 4.69) is 34.9 Å². The number of benzene rings is 2. The van der Waals surface area contributed by atoms with Crippen molar-refractivity contribution in [3.05, 3.63) is 64.7 Å².